The predicted molar refractivity (Wildman–Crippen MR) is 83.7 cm³/mol. The molecule has 0 N–H and O–H groups in total. The zero-order valence-electron chi connectivity index (χ0n) is 11.6. The fourth-order valence-electron chi connectivity index (χ4n) is 3.06. The summed E-state index contributed by atoms with van der Waals surface area (Å²) in [6.07, 6.45) is 3.42. The van der Waals surface area contributed by atoms with E-state index in [4.69, 9.17) is 0 Å². The molecule has 2 heterocycles. The third-order valence-corrected chi connectivity index (χ3v) is 4.20. The van der Waals surface area contributed by atoms with Crippen molar-refractivity contribution in [1.82, 2.24) is 4.57 Å². The van der Waals surface area contributed by atoms with Crippen molar-refractivity contribution >= 4 is 0 Å². The largest absolute Gasteiger partial charge is 0.347 e. The van der Waals surface area contributed by atoms with Crippen LogP contribution in [0.5, 0.6) is 0 Å². The number of aryl methyl sites for hydroxylation is 3. The minimum Gasteiger partial charge on any atom is -0.347 e. The van der Waals surface area contributed by atoms with Crippen molar-refractivity contribution in [3.63, 3.8) is 0 Å². The van der Waals surface area contributed by atoms with E-state index in [9.17, 15) is 0 Å². The quantitative estimate of drug-likeness (QED) is 0.597. The highest BCUT2D eigenvalue weighted by Gasteiger charge is 2.16. The number of aromatic nitrogens is 1. The molecule has 0 unspecified atom stereocenters. The van der Waals surface area contributed by atoms with E-state index in [1.54, 1.807) is 0 Å². The van der Waals surface area contributed by atoms with Crippen LogP contribution in [-0.4, -0.2) is 4.57 Å². The summed E-state index contributed by atoms with van der Waals surface area (Å²) >= 11 is 0. The summed E-state index contributed by atoms with van der Waals surface area (Å²) in [4.78, 5) is 0. The molecule has 1 nitrogen and oxygen atoms in total. The molecule has 1 aliphatic heterocycles. The van der Waals surface area contributed by atoms with Crippen molar-refractivity contribution in [2.45, 2.75) is 19.9 Å². The van der Waals surface area contributed by atoms with E-state index in [2.05, 4.69) is 72.3 Å². The van der Waals surface area contributed by atoms with E-state index in [1.807, 2.05) is 0 Å². The first kappa shape index (κ1) is 11.5. The Morgan fingerprint density at radius 1 is 0.900 bits per heavy atom. The third-order valence-electron chi connectivity index (χ3n) is 4.20. The summed E-state index contributed by atoms with van der Waals surface area (Å²) in [6, 6.07) is 19.9. The molecular weight excluding hydrogens is 242 g/mol. The van der Waals surface area contributed by atoms with Crippen LogP contribution in [0.3, 0.4) is 0 Å². The lowest BCUT2D eigenvalue weighted by molar-refractivity contribution is 0.689. The molecule has 0 bridgehead atoms. The molecule has 0 radical (unpaired) electrons. The third kappa shape index (κ3) is 1.78. The van der Waals surface area contributed by atoms with Gasteiger partial charge in [0.05, 0.1) is 0 Å². The highest BCUT2D eigenvalue weighted by atomic mass is 15.0. The monoisotopic (exact) mass is 259 g/mol. The summed E-state index contributed by atoms with van der Waals surface area (Å²) in [6.45, 7) is 3.21. The first-order valence-corrected chi connectivity index (χ1v) is 7.17. The van der Waals surface area contributed by atoms with Crippen LogP contribution in [-0.2, 0) is 13.0 Å². The highest BCUT2D eigenvalue weighted by molar-refractivity contribution is 5.74. The lowest BCUT2D eigenvalue weighted by Gasteiger charge is -2.18. The van der Waals surface area contributed by atoms with Crippen LogP contribution in [0.4, 0.5) is 0 Å². The van der Waals surface area contributed by atoms with Gasteiger partial charge in [-0.1, -0.05) is 54.1 Å². The van der Waals surface area contributed by atoms with Crippen LogP contribution in [0.25, 0.3) is 22.4 Å². The lowest BCUT2D eigenvalue weighted by atomic mass is 9.98. The van der Waals surface area contributed by atoms with Gasteiger partial charge in [-0.05, 0) is 36.1 Å². The molecule has 98 valence electrons. The van der Waals surface area contributed by atoms with Crippen molar-refractivity contribution in [3.8, 4) is 22.4 Å². The van der Waals surface area contributed by atoms with Gasteiger partial charge in [-0.3, -0.25) is 0 Å². The van der Waals surface area contributed by atoms with Gasteiger partial charge >= 0.3 is 0 Å². The van der Waals surface area contributed by atoms with Crippen molar-refractivity contribution in [1.29, 1.82) is 0 Å². The minimum absolute atomic E-state index is 1.08. The Morgan fingerprint density at radius 2 is 1.70 bits per heavy atom. The standard InChI is InChI=1S/C19H17N/c1-14-6-8-15(9-7-14)17-12-19-18-5-3-2-4-16(18)10-11-20(19)13-17/h2-9,12-13H,10-11H2,1H3. The van der Waals surface area contributed by atoms with E-state index in [1.165, 1.54) is 33.5 Å². The number of benzene rings is 2. The number of rotatable bonds is 1. The highest BCUT2D eigenvalue weighted by Crippen LogP contribution is 2.34. The Kier molecular flexibility index (Phi) is 2.53. The maximum atomic E-state index is 2.39. The Hall–Kier alpha value is -2.28. The van der Waals surface area contributed by atoms with E-state index >= 15 is 0 Å². The van der Waals surface area contributed by atoms with Gasteiger partial charge in [0, 0.05) is 24.0 Å². The molecule has 0 saturated heterocycles. The van der Waals surface area contributed by atoms with Crippen molar-refractivity contribution in [3.05, 3.63) is 71.9 Å². The van der Waals surface area contributed by atoms with Crippen molar-refractivity contribution in [2.24, 2.45) is 0 Å². The first-order chi connectivity index (χ1) is 9.81. The SMILES string of the molecule is Cc1ccc(-c2cc3n(c2)CCc2ccccc2-3)cc1. The van der Waals surface area contributed by atoms with Crippen molar-refractivity contribution < 1.29 is 0 Å². The topological polar surface area (TPSA) is 4.93 Å². The Bertz CT molecular complexity index is 763. The molecular formula is C19H17N. The molecule has 20 heavy (non-hydrogen) atoms. The molecule has 2 aromatic carbocycles. The zero-order valence-corrected chi connectivity index (χ0v) is 11.6. The number of nitrogens with zero attached hydrogens (tertiary/aromatic N) is 1. The second-order valence-corrected chi connectivity index (χ2v) is 5.58. The molecule has 0 saturated carbocycles. The molecule has 0 amide bonds. The second-order valence-electron chi connectivity index (χ2n) is 5.58. The Labute approximate surface area is 119 Å². The van der Waals surface area contributed by atoms with Gasteiger partial charge < -0.3 is 4.57 Å². The van der Waals surface area contributed by atoms with Gasteiger partial charge in [0.15, 0.2) is 0 Å². The molecule has 4 rings (SSSR count). The van der Waals surface area contributed by atoms with Gasteiger partial charge in [-0.2, -0.15) is 0 Å². The van der Waals surface area contributed by atoms with Crippen LogP contribution in [0.15, 0.2) is 60.8 Å². The van der Waals surface area contributed by atoms with Gasteiger partial charge in [-0.15, -0.1) is 0 Å². The fraction of sp³-hybridized carbons (Fsp3) is 0.158. The summed E-state index contributed by atoms with van der Waals surface area (Å²) in [5, 5.41) is 0. The van der Waals surface area contributed by atoms with E-state index in [0.29, 0.717) is 0 Å². The maximum Gasteiger partial charge on any atom is 0.0489 e. The van der Waals surface area contributed by atoms with Crippen LogP contribution in [0.2, 0.25) is 0 Å². The van der Waals surface area contributed by atoms with E-state index < -0.39 is 0 Å². The molecule has 1 aromatic heterocycles. The zero-order chi connectivity index (χ0) is 13.5. The number of fused-ring (bicyclic) bond motifs is 3. The van der Waals surface area contributed by atoms with Gasteiger partial charge in [0.2, 0.25) is 0 Å². The average molecular weight is 259 g/mol. The van der Waals surface area contributed by atoms with E-state index in [-0.39, 0.29) is 0 Å². The molecule has 0 aliphatic carbocycles. The van der Waals surface area contributed by atoms with Crippen LogP contribution < -0.4 is 0 Å². The van der Waals surface area contributed by atoms with Crippen LogP contribution >= 0.6 is 0 Å². The van der Waals surface area contributed by atoms with E-state index in [0.717, 1.165) is 13.0 Å². The van der Waals surface area contributed by atoms with Gasteiger partial charge in [-0.25, -0.2) is 0 Å². The Morgan fingerprint density at radius 3 is 2.55 bits per heavy atom. The van der Waals surface area contributed by atoms with Crippen LogP contribution in [0, 0.1) is 6.92 Å². The number of hydrogen-bond acceptors (Lipinski definition) is 0. The minimum atomic E-state index is 1.08. The predicted octanol–water partition coefficient (Wildman–Crippen LogP) is 4.69. The second kappa shape index (κ2) is 4.38. The summed E-state index contributed by atoms with van der Waals surface area (Å²) in [5.41, 5.74) is 8.13. The molecule has 1 aliphatic rings. The molecule has 0 fully saturated rings. The molecule has 0 atom stereocenters. The lowest BCUT2D eigenvalue weighted by Crippen LogP contribution is -2.08. The maximum absolute atomic E-state index is 2.39. The van der Waals surface area contributed by atoms with Crippen molar-refractivity contribution in [2.75, 3.05) is 0 Å². The number of hydrogen-bond donors (Lipinski definition) is 0. The first-order valence-electron chi connectivity index (χ1n) is 7.17. The van der Waals surface area contributed by atoms with Gasteiger partial charge in [0.1, 0.15) is 0 Å². The van der Waals surface area contributed by atoms with Gasteiger partial charge in [0.25, 0.3) is 0 Å². The average Bonchev–Trinajstić information content (AvgIpc) is 2.92. The normalized spacial score (nSPS) is 12.8. The molecule has 3 aromatic rings. The summed E-state index contributed by atoms with van der Waals surface area (Å²) < 4.78 is 2.39. The Balaban J connectivity index is 1.84. The smallest absolute Gasteiger partial charge is 0.0489 e. The fourth-order valence-corrected chi connectivity index (χ4v) is 3.06. The summed E-state index contributed by atoms with van der Waals surface area (Å²) in [7, 11) is 0. The molecule has 0 spiro atoms. The molecule has 1 heteroatoms. The van der Waals surface area contributed by atoms with Crippen LogP contribution in [0.1, 0.15) is 11.1 Å². The summed E-state index contributed by atoms with van der Waals surface area (Å²) in [5.74, 6) is 0.